The first kappa shape index (κ1) is 25.9. The standard InChI is InChI=1S/C26H33ClFN3O3S/c1-29(2)26(32)22-8-7-21(18-23(22)27)30-13-9-19(10-14-30)17-20-11-15-31(16-12-20)35(33,34)25-6-4-3-5-24(25)28/h3-8,18-20H,9-17H2,1-2H3. The van der Waals surface area contributed by atoms with Crippen LogP contribution >= 0.6 is 11.6 Å². The Kier molecular flexibility index (Phi) is 8.03. The van der Waals surface area contributed by atoms with E-state index < -0.39 is 15.8 Å². The molecule has 4 rings (SSSR count). The van der Waals surface area contributed by atoms with Crippen LogP contribution in [0.15, 0.2) is 47.4 Å². The van der Waals surface area contributed by atoms with Crippen molar-refractivity contribution in [3.05, 3.63) is 58.9 Å². The lowest BCUT2D eigenvalue weighted by molar-refractivity contribution is 0.0828. The average Bonchev–Trinajstić information content (AvgIpc) is 2.84. The maximum absolute atomic E-state index is 14.1. The van der Waals surface area contributed by atoms with Crippen molar-refractivity contribution in [1.82, 2.24) is 9.21 Å². The third-order valence-electron chi connectivity index (χ3n) is 7.26. The van der Waals surface area contributed by atoms with E-state index in [1.54, 1.807) is 26.2 Å². The molecule has 0 spiro atoms. The van der Waals surface area contributed by atoms with Crippen molar-refractivity contribution < 1.29 is 17.6 Å². The molecule has 0 radical (unpaired) electrons. The Hall–Kier alpha value is -2.16. The van der Waals surface area contributed by atoms with E-state index in [2.05, 4.69) is 4.90 Å². The minimum atomic E-state index is -3.79. The van der Waals surface area contributed by atoms with E-state index in [0.29, 0.717) is 35.5 Å². The molecule has 2 saturated heterocycles. The first-order valence-electron chi connectivity index (χ1n) is 12.2. The molecule has 2 aromatic rings. The molecule has 2 aliphatic rings. The summed E-state index contributed by atoms with van der Waals surface area (Å²) >= 11 is 6.39. The molecule has 0 aromatic heterocycles. The zero-order valence-corrected chi connectivity index (χ0v) is 21.9. The number of rotatable bonds is 6. The van der Waals surface area contributed by atoms with E-state index in [1.807, 2.05) is 12.1 Å². The van der Waals surface area contributed by atoms with Crippen LogP contribution in [0.5, 0.6) is 0 Å². The van der Waals surface area contributed by atoms with Crippen molar-refractivity contribution in [3.63, 3.8) is 0 Å². The summed E-state index contributed by atoms with van der Waals surface area (Å²) in [5.41, 5.74) is 1.55. The number of sulfonamides is 1. The smallest absolute Gasteiger partial charge is 0.254 e. The summed E-state index contributed by atoms with van der Waals surface area (Å²) in [4.78, 5) is 15.8. The minimum absolute atomic E-state index is 0.104. The number of amides is 1. The van der Waals surface area contributed by atoms with Gasteiger partial charge in [0.05, 0.1) is 10.6 Å². The summed E-state index contributed by atoms with van der Waals surface area (Å²) < 4.78 is 41.2. The quantitative estimate of drug-likeness (QED) is 0.543. The Morgan fingerprint density at radius 3 is 2.17 bits per heavy atom. The van der Waals surface area contributed by atoms with Crippen molar-refractivity contribution in [2.45, 2.75) is 37.0 Å². The van der Waals surface area contributed by atoms with Gasteiger partial charge in [0.1, 0.15) is 10.7 Å². The molecule has 2 aromatic carbocycles. The second-order valence-corrected chi connectivity index (χ2v) is 12.1. The van der Waals surface area contributed by atoms with E-state index in [1.165, 1.54) is 27.4 Å². The number of nitrogens with zero attached hydrogens (tertiary/aromatic N) is 3. The van der Waals surface area contributed by atoms with E-state index in [0.717, 1.165) is 50.9 Å². The molecule has 0 atom stereocenters. The third-order valence-corrected chi connectivity index (χ3v) is 9.51. The molecule has 190 valence electrons. The average molecular weight is 522 g/mol. The Balaban J connectivity index is 1.27. The molecule has 0 bridgehead atoms. The minimum Gasteiger partial charge on any atom is -0.371 e. The summed E-state index contributed by atoms with van der Waals surface area (Å²) in [5.74, 6) is 0.301. The lowest BCUT2D eigenvalue weighted by atomic mass is 9.83. The van der Waals surface area contributed by atoms with Crippen LogP contribution in [0.1, 0.15) is 42.5 Å². The molecule has 0 saturated carbocycles. The predicted molar refractivity (Wildman–Crippen MR) is 137 cm³/mol. The summed E-state index contributed by atoms with van der Waals surface area (Å²) in [6, 6.07) is 11.2. The molecule has 0 N–H and O–H groups in total. The fraction of sp³-hybridized carbons (Fsp3) is 0.500. The van der Waals surface area contributed by atoms with Gasteiger partial charge in [0.2, 0.25) is 10.0 Å². The fourth-order valence-electron chi connectivity index (χ4n) is 5.19. The van der Waals surface area contributed by atoms with Crippen LogP contribution in [0.2, 0.25) is 5.02 Å². The summed E-state index contributed by atoms with van der Waals surface area (Å²) in [5, 5.41) is 0.473. The van der Waals surface area contributed by atoms with Crippen LogP contribution in [-0.4, -0.2) is 63.8 Å². The second-order valence-electron chi connectivity index (χ2n) is 9.81. The van der Waals surface area contributed by atoms with Gasteiger partial charge in [0.15, 0.2) is 0 Å². The van der Waals surface area contributed by atoms with Crippen LogP contribution in [0.25, 0.3) is 0 Å². The second kappa shape index (κ2) is 10.8. The van der Waals surface area contributed by atoms with Crippen LogP contribution < -0.4 is 4.90 Å². The Morgan fingerprint density at radius 1 is 1.00 bits per heavy atom. The van der Waals surface area contributed by atoms with Crippen LogP contribution in [0.4, 0.5) is 10.1 Å². The van der Waals surface area contributed by atoms with E-state index in [9.17, 15) is 17.6 Å². The summed E-state index contributed by atoms with van der Waals surface area (Å²) in [7, 11) is -0.364. The molecule has 9 heteroatoms. The highest BCUT2D eigenvalue weighted by Crippen LogP contribution is 2.34. The molecule has 2 fully saturated rings. The molecule has 2 heterocycles. The lowest BCUT2D eigenvalue weighted by Crippen LogP contribution is -2.40. The van der Waals surface area contributed by atoms with Crippen molar-refractivity contribution in [1.29, 1.82) is 0 Å². The van der Waals surface area contributed by atoms with Crippen molar-refractivity contribution in [3.8, 4) is 0 Å². The molecular formula is C26H33ClFN3O3S. The number of hydrogen-bond acceptors (Lipinski definition) is 4. The van der Waals surface area contributed by atoms with Gasteiger partial charge < -0.3 is 9.80 Å². The Labute approximate surface area is 212 Å². The van der Waals surface area contributed by atoms with Gasteiger partial charge in [-0.15, -0.1) is 0 Å². The van der Waals surface area contributed by atoms with Crippen LogP contribution in [0, 0.1) is 17.7 Å². The maximum atomic E-state index is 14.1. The third kappa shape index (κ3) is 5.81. The van der Waals surface area contributed by atoms with E-state index >= 15 is 0 Å². The Bertz CT molecular complexity index is 1160. The highest BCUT2D eigenvalue weighted by molar-refractivity contribution is 7.89. The van der Waals surface area contributed by atoms with Crippen molar-refractivity contribution in [2.24, 2.45) is 11.8 Å². The van der Waals surface area contributed by atoms with E-state index in [-0.39, 0.29) is 10.8 Å². The summed E-state index contributed by atoms with van der Waals surface area (Å²) in [6.07, 6.45) is 4.86. The molecule has 0 unspecified atom stereocenters. The molecular weight excluding hydrogens is 489 g/mol. The highest BCUT2D eigenvalue weighted by atomic mass is 35.5. The Morgan fingerprint density at radius 2 is 1.60 bits per heavy atom. The first-order chi connectivity index (χ1) is 16.7. The predicted octanol–water partition coefficient (Wildman–Crippen LogP) is 4.89. The number of anilines is 1. The van der Waals surface area contributed by atoms with Gasteiger partial charge in [-0.3, -0.25) is 4.79 Å². The number of hydrogen-bond donors (Lipinski definition) is 0. The first-order valence-corrected chi connectivity index (χ1v) is 14.0. The van der Waals surface area contributed by atoms with Gasteiger partial charge in [-0.1, -0.05) is 23.7 Å². The van der Waals surface area contributed by atoms with E-state index in [4.69, 9.17) is 11.6 Å². The molecule has 6 nitrogen and oxygen atoms in total. The molecule has 35 heavy (non-hydrogen) atoms. The number of carbonyl (C=O) groups is 1. The van der Waals surface area contributed by atoms with Gasteiger partial charge in [0.25, 0.3) is 5.91 Å². The highest BCUT2D eigenvalue weighted by Gasteiger charge is 2.32. The summed E-state index contributed by atoms with van der Waals surface area (Å²) in [6.45, 7) is 2.75. The molecule has 1 amide bonds. The monoisotopic (exact) mass is 521 g/mol. The zero-order chi connectivity index (χ0) is 25.2. The van der Waals surface area contributed by atoms with Gasteiger partial charge in [-0.05, 0) is 74.3 Å². The fourth-order valence-corrected chi connectivity index (χ4v) is 6.98. The lowest BCUT2D eigenvalue weighted by Gasteiger charge is -2.37. The SMILES string of the molecule is CN(C)C(=O)c1ccc(N2CCC(CC3CCN(S(=O)(=O)c4ccccc4F)CC3)CC2)cc1Cl. The van der Waals surface area contributed by atoms with Crippen LogP contribution in [-0.2, 0) is 10.0 Å². The van der Waals surface area contributed by atoms with Crippen LogP contribution in [0.3, 0.4) is 0 Å². The number of carbonyl (C=O) groups excluding carboxylic acids is 1. The van der Waals surface area contributed by atoms with Gasteiger partial charge in [-0.25, -0.2) is 12.8 Å². The number of benzene rings is 2. The molecule has 0 aliphatic carbocycles. The van der Waals surface area contributed by atoms with Gasteiger partial charge >= 0.3 is 0 Å². The number of piperidine rings is 2. The topological polar surface area (TPSA) is 60.9 Å². The zero-order valence-electron chi connectivity index (χ0n) is 20.3. The van der Waals surface area contributed by atoms with Gasteiger partial charge in [0, 0.05) is 46.0 Å². The molecule has 2 aliphatic heterocycles. The number of halogens is 2. The van der Waals surface area contributed by atoms with Gasteiger partial charge in [-0.2, -0.15) is 4.31 Å². The van der Waals surface area contributed by atoms with Crippen molar-refractivity contribution >= 4 is 33.2 Å². The normalized spacial score (nSPS) is 18.6. The van der Waals surface area contributed by atoms with Crippen molar-refractivity contribution in [2.75, 3.05) is 45.2 Å². The maximum Gasteiger partial charge on any atom is 0.254 e. The largest absolute Gasteiger partial charge is 0.371 e.